The van der Waals surface area contributed by atoms with E-state index in [1.165, 1.54) is 0 Å². The first-order valence-corrected chi connectivity index (χ1v) is 11.6. The molecule has 1 amide bonds. The number of carbonyl (C=O) groups is 1. The van der Waals surface area contributed by atoms with E-state index in [2.05, 4.69) is 10.2 Å². The van der Waals surface area contributed by atoms with Crippen molar-refractivity contribution in [1.82, 2.24) is 15.1 Å². The number of aromatic nitrogens is 2. The first kappa shape index (κ1) is 22.8. The molecule has 4 aromatic rings. The van der Waals surface area contributed by atoms with E-state index in [0.29, 0.717) is 40.5 Å². The van der Waals surface area contributed by atoms with Crippen molar-refractivity contribution >= 4 is 17.5 Å². The van der Waals surface area contributed by atoms with Crippen LogP contribution in [-0.4, -0.2) is 44.9 Å². The van der Waals surface area contributed by atoms with Gasteiger partial charge in [-0.25, -0.2) is 0 Å². The summed E-state index contributed by atoms with van der Waals surface area (Å²) in [5.74, 6) is 0.703. The minimum Gasteiger partial charge on any atom is -0.508 e. The number of benzene rings is 3. The van der Waals surface area contributed by atoms with E-state index in [1.54, 1.807) is 49.3 Å². The highest BCUT2D eigenvalue weighted by atomic mass is 35.5. The zero-order chi connectivity index (χ0) is 24.7. The molecule has 0 bridgehead atoms. The summed E-state index contributed by atoms with van der Waals surface area (Å²) in [5.41, 5.74) is 4.44. The highest BCUT2D eigenvalue weighted by Gasteiger charge is 2.42. The number of methoxy groups -OCH3 is 1. The molecule has 0 saturated carbocycles. The van der Waals surface area contributed by atoms with Crippen molar-refractivity contribution in [3.63, 3.8) is 0 Å². The fourth-order valence-corrected chi connectivity index (χ4v) is 4.74. The molecule has 35 heavy (non-hydrogen) atoms. The smallest absolute Gasteiger partial charge is 0.273 e. The minimum absolute atomic E-state index is 0.0278. The van der Waals surface area contributed by atoms with Gasteiger partial charge in [-0.2, -0.15) is 5.10 Å². The highest BCUT2D eigenvalue weighted by Crippen LogP contribution is 2.45. The lowest BCUT2D eigenvalue weighted by molar-refractivity contribution is 0.0745. The molecule has 0 unspecified atom stereocenters. The second-order valence-electron chi connectivity index (χ2n) is 8.57. The predicted molar refractivity (Wildman–Crippen MR) is 133 cm³/mol. The van der Waals surface area contributed by atoms with Crippen LogP contribution in [0.15, 0.2) is 60.7 Å². The lowest BCUT2D eigenvalue weighted by Crippen LogP contribution is -2.31. The van der Waals surface area contributed by atoms with Crippen molar-refractivity contribution in [1.29, 1.82) is 0 Å². The molecular formula is C27H24ClN3O4. The van der Waals surface area contributed by atoms with E-state index >= 15 is 0 Å². The standard InChI is InChI=1S/C27H24ClN3O4/c1-15-12-22(33)20(14-21(15)28)24-23-25(30-29-24)27(34)31(26(23)17-4-3-5-18(32)13-17)11-10-16-6-8-19(35-2)9-7-16/h3-9,12-14,26,32-33H,10-11H2,1-2H3,(H,29,30)/t26-/m0/s1. The molecule has 1 aliphatic heterocycles. The lowest BCUT2D eigenvalue weighted by atomic mass is 9.95. The quantitative estimate of drug-likeness (QED) is 0.344. The maximum Gasteiger partial charge on any atom is 0.273 e. The molecule has 8 heteroatoms. The molecule has 7 nitrogen and oxygen atoms in total. The summed E-state index contributed by atoms with van der Waals surface area (Å²) < 4.78 is 5.23. The zero-order valence-corrected chi connectivity index (χ0v) is 20.0. The molecular weight excluding hydrogens is 466 g/mol. The van der Waals surface area contributed by atoms with Crippen LogP contribution in [0, 0.1) is 6.92 Å². The van der Waals surface area contributed by atoms with Gasteiger partial charge in [0, 0.05) is 22.7 Å². The number of aromatic hydroxyl groups is 2. The maximum atomic E-state index is 13.5. The van der Waals surface area contributed by atoms with Crippen molar-refractivity contribution in [3.8, 4) is 28.5 Å². The van der Waals surface area contributed by atoms with Crippen LogP contribution in [-0.2, 0) is 6.42 Å². The molecule has 0 aliphatic carbocycles. The van der Waals surface area contributed by atoms with Crippen LogP contribution >= 0.6 is 11.6 Å². The molecule has 1 aromatic heterocycles. The number of phenolic OH excluding ortho intramolecular Hbond substituents is 2. The number of nitrogens with one attached hydrogen (secondary N) is 1. The Kier molecular flexibility index (Phi) is 5.86. The Labute approximate surface area is 207 Å². The van der Waals surface area contributed by atoms with Gasteiger partial charge in [0.05, 0.1) is 13.2 Å². The molecule has 2 heterocycles. The minimum atomic E-state index is -0.504. The Morgan fingerprint density at radius 3 is 2.60 bits per heavy atom. The number of hydrogen-bond acceptors (Lipinski definition) is 5. The molecule has 3 aromatic carbocycles. The fourth-order valence-electron chi connectivity index (χ4n) is 4.57. The zero-order valence-electron chi connectivity index (χ0n) is 19.2. The van der Waals surface area contributed by atoms with Gasteiger partial charge >= 0.3 is 0 Å². The SMILES string of the molecule is COc1ccc(CCN2C(=O)c3[nH]nc(-c4cc(Cl)c(C)cc4O)c3[C@@H]2c2cccc(O)c2)cc1. The number of ether oxygens (including phenoxy) is 1. The monoisotopic (exact) mass is 489 g/mol. The third kappa shape index (κ3) is 4.08. The first-order valence-electron chi connectivity index (χ1n) is 11.2. The van der Waals surface area contributed by atoms with Gasteiger partial charge in [0.1, 0.15) is 28.6 Å². The normalized spacial score (nSPS) is 14.9. The van der Waals surface area contributed by atoms with Crippen LogP contribution in [0.1, 0.15) is 38.8 Å². The van der Waals surface area contributed by atoms with Crippen LogP contribution in [0.3, 0.4) is 0 Å². The fraction of sp³-hybridized carbons (Fsp3) is 0.185. The Hall–Kier alpha value is -3.97. The number of rotatable bonds is 6. The van der Waals surface area contributed by atoms with Crippen LogP contribution < -0.4 is 4.74 Å². The van der Waals surface area contributed by atoms with Crippen molar-refractivity contribution in [2.45, 2.75) is 19.4 Å². The van der Waals surface area contributed by atoms with E-state index in [0.717, 1.165) is 22.4 Å². The highest BCUT2D eigenvalue weighted by molar-refractivity contribution is 6.31. The van der Waals surface area contributed by atoms with Gasteiger partial charge in [-0.3, -0.25) is 9.89 Å². The third-order valence-corrected chi connectivity index (χ3v) is 6.79. The van der Waals surface area contributed by atoms with Gasteiger partial charge in [-0.1, -0.05) is 35.9 Å². The van der Waals surface area contributed by atoms with Gasteiger partial charge < -0.3 is 19.8 Å². The van der Waals surface area contributed by atoms with Crippen molar-refractivity contribution < 1.29 is 19.7 Å². The molecule has 0 spiro atoms. The largest absolute Gasteiger partial charge is 0.508 e. The summed E-state index contributed by atoms with van der Waals surface area (Å²) in [6.45, 7) is 2.24. The van der Waals surface area contributed by atoms with Crippen molar-refractivity contribution in [2.24, 2.45) is 0 Å². The second-order valence-corrected chi connectivity index (χ2v) is 8.98. The number of aromatic amines is 1. The summed E-state index contributed by atoms with van der Waals surface area (Å²) in [7, 11) is 1.62. The summed E-state index contributed by atoms with van der Waals surface area (Å²) in [5, 5.41) is 28.6. The summed E-state index contributed by atoms with van der Waals surface area (Å²) in [6.07, 6.45) is 0.625. The van der Waals surface area contributed by atoms with Gasteiger partial charge in [-0.05, 0) is 66.4 Å². The van der Waals surface area contributed by atoms with Gasteiger partial charge in [0.15, 0.2) is 0 Å². The van der Waals surface area contributed by atoms with Crippen LogP contribution in [0.4, 0.5) is 0 Å². The predicted octanol–water partition coefficient (Wildman–Crippen LogP) is 5.25. The van der Waals surface area contributed by atoms with E-state index in [9.17, 15) is 15.0 Å². The van der Waals surface area contributed by atoms with Crippen molar-refractivity contribution in [3.05, 3.63) is 93.6 Å². The molecule has 1 atom stereocenters. The van der Waals surface area contributed by atoms with Crippen LogP contribution in [0.25, 0.3) is 11.3 Å². The molecule has 0 radical (unpaired) electrons. The van der Waals surface area contributed by atoms with Crippen molar-refractivity contribution in [2.75, 3.05) is 13.7 Å². The van der Waals surface area contributed by atoms with Gasteiger partial charge in [0.25, 0.3) is 5.91 Å². The lowest BCUT2D eigenvalue weighted by Gasteiger charge is -2.26. The van der Waals surface area contributed by atoms with E-state index in [4.69, 9.17) is 16.3 Å². The van der Waals surface area contributed by atoms with Crippen LogP contribution in [0.2, 0.25) is 5.02 Å². The number of nitrogens with zero attached hydrogens (tertiary/aromatic N) is 2. The number of halogens is 1. The molecule has 0 saturated heterocycles. The van der Waals surface area contributed by atoms with E-state index < -0.39 is 6.04 Å². The van der Waals surface area contributed by atoms with E-state index in [1.807, 2.05) is 30.3 Å². The Morgan fingerprint density at radius 2 is 1.89 bits per heavy atom. The first-order chi connectivity index (χ1) is 16.9. The molecule has 5 rings (SSSR count). The molecule has 0 fully saturated rings. The Balaban J connectivity index is 1.57. The van der Waals surface area contributed by atoms with E-state index in [-0.39, 0.29) is 17.4 Å². The summed E-state index contributed by atoms with van der Waals surface area (Å²) >= 11 is 6.36. The summed E-state index contributed by atoms with van der Waals surface area (Å²) in [4.78, 5) is 15.3. The number of aryl methyl sites for hydroxylation is 1. The second kappa shape index (κ2) is 9.00. The number of H-pyrrole nitrogens is 1. The summed E-state index contributed by atoms with van der Waals surface area (Å²) in [6, 6.07) is 17.3. The van der Waals surface area contributed by atoms with Crippen LogP contribution in [0.5, 0.6) is 17.2 Å². The number of fused-ring (bicyclic) bond motifs is 1. The number of phenols is 2. The number of carbonyl (C=O) groups excluding carboxylic acids is 1. The Morgan fingerprint density at radius 1 is 1.11 bits per heavy atom. The topological polar surface area (TPSA) is 98.7 Å². The van der Waals surface area contributed by atoms with Gasteiger partial charge in [-0.15, -0.1) is 0 Å². The maximum absolute atomic E-state index is 13.5. The Bertz CT molecular complexity index is 1410. The number of hydrogen-bond donors (Lipinski definition) is 3. The van der Waals surface area contributed by atoms with Gasteiger partial charge in [0.2, 0.25) is 0 Å². The molecule has 3 N–H and O–H groups in total. The average Bonchev–Trinajstić information content (AvgIpc) is 3.39. The average molecular weight is 490 g/mol. The molecule has 178 valence electrons. The third-order valence-electron chi connectivity index (χ3n) is 6.38. The number of amides is 1. The molecule has 1 aliphatic rings.